The lowest BCUT2D eigenvalue weighted by Gasteiger charge is -2.33. The van der Waals surface area contributed by atoms with Gasteiger partial charge in [0.1, 0.15) is 29.8 Å². The van der Waals surface area contributed by atoms with Crippen LogP contribution in [0.3, 0.4) is 0 Å². The lowest BCUT2D eigenvalue weighted by molar-refractivity contribution is -0.123. The minimum atomic E-state index is -0.485. The molecule has 188 valence electrons. The number of anilines is 1. The summed E-state index contributed by atoms with van der Waals surface area (Å²) in [6.07, 6.45) is 4.83. The Labute approximate surface area is 214 Å². The number of rotatable bonds is 5. The molecule has 0 bridgehead atoms. The molecule has 1 aromatic carbocycles. The van der Waals surface area contributed by atoms with Crippen molar-refractivity contribution in [3.63, 3.8) is 0 Å². The van der Waals surface area contributed by atoms with Crippen LogP contribution in [-0.2, 0) is 11.3 Å². The number of thiophene rings is 1. The third kappa shape index (κ3) is 4.49. The topological polar surface area (TPSA) is 101 Å². The average molecular weight is 521 g/mol. The van der Waals surface area contributed by atoms with Gasteiger partial charge in [0.15, 0.2) is 5.65 Å². The van der Waals surface area contributed by atoms with Crippen LogP contribution in [0.4, 0.5) is 14.6 Å². The molecule has 9 nitrogen and oxygen atoms in total. The molecule has 12 heteroatoms. The quantitative estimate of drug-likeness (QED) is 0.367. The van der Waals surface area contributed by atoms with Crippen LogP contribution in [0.2, 0.25) is 0 Å². The second-order valence-electron chi connectivity index (χ2n) is 8.87. The highest BCUT2D eigenvalue weighted by atomic mass is 32.1. The minimum absolute atomic E-state index is 0.187. The zero-order valence-corrected chi connectivity index (χ0v) is 20.6. The molecule has 0 saturated carbocycles. The summed E-state index contributed by atoms with van der Waals surface area (Å²) in [5.41, 5.74) is 2.20. The van der Waals surface area contributed by atoms with E-state index in [1.807, 2.05) is 4.90 Å². The zero-order valence-electron chi connectivity index (χ0n) is 19.8. The number of fused-ring (bicyclic) bond motifs is 2. The molecule has 6 rings (SSSR count). The molecule has 1 aliphatic heterocycles. The summed E-state index contributed by atoms with van der Waals surface area (Å²) >= 11 is 1.30. The van der Waals surface area contributed by atoms with Crippen molar-refractivity contribution in [1.29, 1.82) is 0 Å². The van der Waals surface area contributed by atoms with Crippen molar-refractivity contribution < 1.29 is 13.6 Å². The van der Waals surface area contributed by atoms with Gasteiger partial charge in [0.05, 0.1) is 28.0 Å². The lowest BCUT2D eigenvalue weighted by Crippen LogP contribution is -2.57. The molecule has 5 aromatic rings. The molecule has 1 amide bonds. The SMILES string of the molecule is Cc1ccc(-n2cc3c(N4CCN[C@@H](C(=O)NCc5cc6c(F)csc6cn5)C4)ncnc3n2)cc1F. The Balaban J connectivity index is 1.18. The van der Waals surface area contributed by atoms with Crippen LogP contribution in [0.15, 0.2) is 48.4 Å². The van der Waals surface area contributed by atoms with E-state index in [1.165, 1.54) is 29.1 Å². The first-order valence-electron chi connectivity index (χ1n) is 11.7. The number of benzene rings is 1. The number of carbonyl (C=O) groups excluding carboxylic acids is 1. The maximum atomic E-state index is 14.1. The highest BCUT2D eigenvalue weighted by Crippen LogP contribution is 2.26. The number of amides is 1. The molecule has 0 spiro atoms. The predicted molar refractivity (Wildman–Crippen MR) is 137 cm³/mol. The normalized spacial score (nSPS) is 16.0. The molecule has 1 fully saturated rings. The van der Waals surface area contributed by atoms with Crippen molar-refractivity contribution in [2.45, 2.75) is 19.5 Å². The largest absolute Gasteiger partial charge is 0.353 e. The van der Waals surface area contributed by atoms with E-state index in [4.69, 9.17) is 0 Å². The van der Waals surface area contributed by atoms with Gasteiger partial charge in [0, 0.05) is 42.8 Å². The molecule has 1 saturated heterocycles. The number of nitrogens with one attached hydrogen (secondary N) is 2. The van der Waals surface area contributed by atoms with Gasteiger partial charge < -0.3 is 15.5 Å². The highest BCUT2D eigenvalue weighted by molar-refractivity contribution is 7.17. The van der Waals surface area contributed by atoms with Gasteiger partial charge in [-0.3, -0.25) is 9.78 Å². The molecule has 1 aliphatic rings. The van der Waals surface area contributed by atoms with E-state index in [1.54, 1.807) is 42.2 Å². The fourth-order valence-corrected chi connectivity index (χ4v) is 5.15. The Morgan fingerprint density at radius 1 is 1.19 bits per heavy atom. The molecule has 0 aliphatic carbocycles. The summed E-state index contributed by atoms with van der Waals surface area (Å²) in [5, 5.41) is 13.3. The van der Waals surface area contributed by atoms with Gasteiger partial charge >= 0.3 is 0 Å². The number of nitrogens with zero attached hydrogens (tertiary/aromatic N) is 6. The maximum absolute atomic E-state index is 14.1. The summed E-state index contributed by atoms with van der Waals surface area (Å²) < 4.78 is 30.4. The second kappa shape index (κ2) is 9.45. The first-order valence-corrected chi connectivity index (χ1v) is 12.6. The van der Waals surface area contributed by atoms with Crippen molar-refractivity contribution in [2.75, 3.05) is 24.5 Å². The van der Waals surface area contributed by atoms with Gasteiger partial charge in [-0.25, -0.2) is 23.4 Å². The Morgan fingerprint density at radius 3 is 2.95 bits per heavy atom. The Hall–Kier alpha value is -4.03. The maximum Gasteiger partial charge on any atom is 0.239 e. The van der Waals surface area contributed by atoms with E-state index in [0.29, 0.717) is 58.8 Å². The Morgan fingerprint density at radius 2 is 2.08 bits per heavy atom. The monoisotopic (exact) mass is 520 g/mol. The number of hydrogen-bond acceptors (Lipinski definition) is 8. The van der Waals surface area contributed by atoms with E-state index < -0.39 is 6.04 Å². The van der Waals surface area contributed by atoms with E-state index in [2.05, 4.69) is 30.7 Å². The Bertz CT molecular complexity index is 1630. The third-order valence-electron chi connectivity index (χ3n) is 6.42. The molecule has 1 atom stereocenters. The fraction of sp³-hybridized carbons (Fsp3) is 0.240. The van der Waals surface area contributed by atoms with Crippen molar-refractivity contribution in [3.8, 4) is 5.69 Å². The lowest BCUT2D eigenvalue weighted by atomic mass is 10.1. The number of pyridine rings is 1. The van der Waals surface area contributed by atoms with Crippen molar-refractivity contribution in [3.05, 3.63) is 71.3 Å². The van der Waals surface area contributed by atoms with E-state index >= 15 is 0 Å². The van der Waals surface area contributed by atoms with Gasteiger partial charge in [-0.2, -0.15) is 0 Å². The second-order valence-corrected chi connectivity index (χ2v) is 9.78. The molecule has 0 radical (unpaired) electrons. The molecule has 37 heavy (non-hydrogen) atoms. The van der Waals surface area contributed by atoms with Gasteiger partial charge in [0.2, 0.25) is 5.91 Å². The smallest absolute Gasteiger partial charge is 0.239 e. The van der Waals surface area contributed by atoms with Gasteiger partial charge in [-0.05, 0) is 30.7 Å². The van der Waals surface area contributed by atoms with Crippen LogP contribution in [0.5, 0.6) is 0 Å². The number of carbonyl (C=O) groups is 1. The number of hydrogen-bond donors (Lipinski definition) is 2. The fourth-order valence-electron chi connectivity index (χ4n) is 4.40. The van der Waals surface area contributed by atoms with Gasteiger partial charge in [-0.1, -0.05) is 6.07 Å². The number of aryl methyl sites for hydroxylation is 1. The molecule has 0 unspecified atom stereocenters. The molecular weight excluding hydrogens is 498 g/mol. The first kappa shape index (κ1) is 23.4. The average Bonchev–Trinajstić information content (AvgIpc) is 3.52. The number of aromatic nitrogens is 5. The minimum Gasteiger partial charge on any atom is -0.353 e. The van der Waals surface area contributed by atoms with Crippen molar-refractivity contribution in [2.24, 2.45) is 0 Å². The van der Waals surface area contributed by atoms with Crippen molar-refractivity contribution >= 4 is 44.2 Å². The Kier molecular flexibility index (Phi) is 5.97. The van der Waals surface area contributed by atoms with E-state index in [0.717, 1.165) is 4.70 Å². The summed E-state index contributed by atoms with van der Waals surface area (Å²) in [7, 11) is 0. The molecule has 5 heterocycles. The van der Waals surface area contributed by atoms with Gasteiger partial charge in [0.25, 0.3) is 0 Å². The van der Waals surface area contributed by atoms with E-state index in [-0.39, 0.29) is 24.1 Å². The highest BCUT2D eigenvalue weighted by Gasteiger charge is 2.27. The summed E-state index contributed by atoms with van der Waals surface area (Å²) in [6, 6.07) is 6.10. The van der Waals surface area contributed by atoms with Crippen LogP contribution >= 0.6 is 11.3 Å². The predicted octanol–water partition coefficient (Wildman–Crippen LogP) is 3.11. The third-order valence-corrected chi connectivity index (χ3v) is 7.33. The van der Waals surface area contributed by atoms with E-state index in [9.17, 15) is 13.6 Å². The molecular formula is C25H22F2N8OS. The van der Waals surface area contributed by atoms with Gasteiger partial charge in [-0.15, -0.1) is 16.4 Å². The number of halogens is 2. The van der Waals surface area contributed by atoms with Crippen LogP contribution in [0.1, 0.15) is 11.3 Å². The summed E-state index contributed by atoms with van der Waals surface area (Å²) in [5.74, 6) is -0.127. The molecule has 2 N–H and O–H groups in total. The summed E-state index contributed by atoms with van der Waals surface area (Å²) in [6.45, 7) is 3.49. The molecule has 4 aromatic heterocycles. The van der Waals surface area contributed by atoms with Crippen LogP contribution < -0.4 is 15.5 Å². The zero-order chi connectivity index (χ0) is 25.5. The van der Waals surface area contributed by atoms with Crippen LogP contribution in [0.25, 0.3) is 26.8 Å². The first-order chi connectivity index (χ1) is 18.0. The van der Waals surface area contributed by atoms with Crippen LogP contribution in [-0.4, -0.2) is 56.3 Å². The van der Waals surface area contributed by atoms with Crippen molar-refractivity contribution in [1.82, 2.24) is 35.4 Å². The summed E-state index contributed by atoms with van der Waals surface area (Å²) in [4.78, 5) is 28.0. The standard InChI is InChI=1S/C25H22F2N8OS/c1-14-2-3-16(7-19(14)26)35-10-18-23(33-35)31-13-32-24(18)34-5-4-28-21(11-34)25(36)30-8-15-6-17-20(27)12-37-22(17)9-29-15/h2-3,6-7,9-10,12-13,21,28H,4-5,8,11H2,1H3,(H,30,36)/t21-/m1/s1. The van der Waals surface area contributed by atoms with Crippen LogP contribution in [0, 0.1) is 18.6 Å². The number of piperazine rings is 1.